The average molecular weight is 404 g/mol. The number of nitro benzene ring substituents is 1. The molecular formula is C20H24ClN4O3+. The van der Waals surface area contributed by atoms with Gasteiger partial charge in [0, 0.05) is 22.8 Å². The summed E-state index contributed by atoms with van der Waals surface area (Å²) in [6.07, 6.45) is 0. The van der Waals surface area contributed by atoms with Crippen LogP contribution in [0.2, 0.25) is 5.02 Å². The van der Waals surface area contributed by atoms with Gasteiger partial charge in [-0.25, -0.2) is 0 Å². The van der Waals surface area contributed by atoms with Gasteiger partial charge in [-0.3, -0.25) is 14.9 Å². The number of carbonyl (C=O) groups excluding carboxylic acids is 1. The van der Waals surface area contributed by atoms with Crippen LogP contribution < -0.4 is 15.1 Å². The van der Waals surface area contributed by atoms with Crippen LogP contribution in [0.1, 0.15) is 11.1 Å². The minimum Gasteiger partial charge on any atom is -0.360 e. The number of non-ortho nitro benzene ring substituents is 1. The van der Waals surface area contributed by atoms with Crippen molar-refractivity contribution in [3.05, 3.63) is 62.7 Å². The third-order valence-electron chi connectivity index (χ3n) is 5.10. The smallest absolute Gasteiger partial charge is 0.279 e. The van der Waals surface area contributed by atoms with Gasteiger partial charge >= 0.3 is 0 Å². The van der Waals surface area contributed by atoms with Gasteiger partial charge in [0.15, 0.2) is 6.54 Å². The molecule has 2 aromatic carbocycles. The lowest BCUT2D eigenvalue weighted by Crippen LogP contribution is -3.15. The first kappa shape index (κ1) is 20.1. The lowest BCUT2D eigenvalue weighted by molar-refractivity contribution is -0.892. The highest BCUT2D eigenvalue weighted by Crippen LogP contribution is 2.24. The van der Waals surface area contributed by atoms with E-state index in [4.69, 9.17) is 11.6 Å². The highest BCUT2D eigenvalue weighted by atomic mass is 35.5. The Morgan fingerprint density at radius 3 is 2.54 bits per heavy atom. The molecule has 0 aromatic heterocycles. The predicted octanol–water partition coefficient (Wildman–Crippen LogP) is 2.21. The van der Waals surface area contributed by atoms with E-state index in [2.05, 4.69) is 17.1 Å². The van der Waals surface area contributed by atoms with Crippen LogP contribution in [0.15, 0.2) is 36.4 Å². The van der Waals surface area contributed by atoms with Crippen molar-refractivity contribution in [1.29, 1.82) is 0 Å². The van der Waals surface area contributed by atoms with E-state index < -0.39 is 4.92 Å². The summed E-state index contributed by atoms with van der Waals surface area (Å²) in [4.78, 5) is 26.4. The third-order valence-corrected chi connectivity index (χ3v) is 5.33. The molecule has 2 N–H and O–H groups in total. The number of anilines is 2. The van der Waals surface area contributed by atoms with E-state index in [1.54, 1.807) is 6.07 Å². The second-order valence-corrected chi connectivity index (χ2v) is 7.59. The number of piperazine rings is 1. The zero-order valence-corrected chi connectivity index (χ0v) is 16.8. The van der Waals surface area contributed by atoms with E-state index >= 15 is 0 Å². The topological polar surface area (TPSA) is 79.9 Å². The van der Waals surface area contributed by atoms with Crippen LogP contribution in [0.4, 0.5) is 17.1 Å². The summed E-state index contributed by atoms with van der Waals surface area (Å²) in [5.74, 6) is -0.133. The average Bonchev–Trinajstić information content (AvgIpc) is 2.66. The molecule has 0 atom stereocenters. The van der Waals surface area contributed by atoms with Gasteiger partial charge in [0.2, 0.25) is 0 Å². The quantitative estimate of drug-likeness (QED) is 0.592. The number of carbonyl (C=O) groups is 1. The van der Waals surface area contributed by atoms with Crippen LogP contribution in [-0.4, -0.2) is 43.6 Å². The van der Waals surface area contributed by atoms with E-state index in [9.17, 15) is 14.9 Å². The Kier molecular flexibility index (Phi) is 6.16. The molecule has 1 heterocycles. The molecule has 0 bridgehead atoms. The standard InChI is InChI=1S/C20H23ClN4O3/c1-14-4-6-17(25(27)28)12-18(14)22-20(26)13-23-7-9-24(10-8-23)19-11-16(21)5-3-15(19)2/h3-6,11-12H,7-10,13H2,1-2H3,(H,22,26)/p+1. The zero-order chi connectivity index (χ0) is 20.3. The number of hydrogen-bond acceptors (Lipinski definition) is 4. The van der Waals surface area contributed by atoms with Gasteiger partial charge in [-0.2, -0.15) is 0 Å². The van der Waals surface area contributed by atoms with Crippen LogP contribution in [0.25, 0.3) is 0 Å². The molecule has 1 fully saturated rings. The largest absolute Gasteiger partial charge is 0.360 e. The molecule has 7 nitrogen and oxygen atoms in total. The van der Waals surface area contributed by atoms with Crippen molar-refractivity contribution in [3.8, 4) is 0 Å². The number of nitrogens with zero attached hydrogens (tertiary/aromatic N) is 2. The molecule has 0 saturated carbocycles. The molecule has 1 aliphatic heterocycles. The summed E-state index contributed by atoms with van der Waals surface area (Å²) in [6, 6.07) is 10.4. The van der Waals surface area contributed by atoms with Crippen LogP contribution in [-0.2, 0) is 4.79 Å². The lowest BCUT2D eigenvalue weighted by atomic mass is 10.1. The molecule has 1 amide bonds. The van der Waals surface area contributed by atoms with Crippen molar-refractivity contribution in [2.45, 2.75) is 13.8 Å². The van der Waals surface area contributed by atoms with E-state index in [1.807, 2.05) is 25.1 Å². The van der Waals surface area contributed by atoms with Crippen LogP contribution in [0.3, 0.4) is 0 Å². The summed E-state index contributed by atoms with van der Waals surface area (Å²) >= 11 is 6.13. The first-order chi connectivity index (χ1) is 13.3. The lowest BCUT2D eigenvalue weighted by Gasteiger charge is -2.34. The van der Waals surface area contributed by atoms with Gasteiger partial charge in [0.25, 0.3) is 11.6 Å². The monoisotopic (exact) mass is 403 g/mol. The number of nitro groups is 1. The second kappa shape index (κ2) is 8.58. The predicted molar refractivity (Wildman–Crippen MR) is 110 cm³/mol. The number of hydrogen-bond donors (Lipinski definition) is 2. The Balaban J connectivity index is 1.56. The van der Waals surface area contributed by atoms with Gasteiger partial charge in [-0.05, 0) is 37.1 Å². The Hall–Kier alpha value is -2.64. The molecule has 0 aliphatic carbocycles. The van der Waals surface area contributed by atoms with Crippen LogP contribution in [0, 0.1) is 24.0 Å². The molecule has 1 saturated heterocycles. The molecular weight excluding hydrogens is 380 g/mol. The second-order valence-electron chi connectivity index (χ2n) is 7.15. The van der Waals surface area contributed by atoms with Crippen molar-refractivity contribution >= 4 is 34.6 Å². The first-order valence-corrected chi connectivity index (χ1v) is 9.61. The fraction of sp³-hybridized carbons (Fsp3) is 0.350. The van der Waals surface area contributed by atoms with Crippen molar-refractivity contribution in [1.82, 2.24) is 0 Å². The van der Waals surface area contributed by atoms with E-state index in [0.29, 0.717) is 12.2 Å². The summed E-state index contributed by atoms with van der Waals surface area (Å²) in [7, 11) is 0. The summed E-state index contributed by atoms with van der Waals surface area (Å²) in [5.41, 5.74) is 3.59. The maximum Gasteiger partial charge on any atom is 0.279 e. The Labute approximate surface area is 169 Å². The Bertz CT molecular complexity index is 895. The molecule has 3 rings (SSSR count). The van der Waals surface area contributed by atoms with E-state index in [1.165, 1.54) is 22.6 Å². The zero-order valence-electron chi connectivity index (χ0n) is 16.0. The third kappa shape index (κ3) is 4.79. The number of nitrogens with one attached hydrogen (secondary N) is 2. The summed E-state index contributed by atoms with van der Waals surface area (Å²) in [5, 5.41) is 14.5. The van der Waals surface area contributed by atoms with Crippen molar-refractivity contribution in [2.24, 2.45) is 0 Å². The van der Waals surface area contributed by atoms with Crippen LogP contribution >= 0.6 is 11.6 Å². The summed E-state index contributed by atoms with van der Waals surface area (Å²) in [6.45, 7) is 7.60. The molecule has 28 heavy (non-hydrogen) atoms. The highest BCUT2D eigenvalue weighted by molar-refractivity contribution is 6.30. The summed E-state index contributed by atoms with van der Waals surface area (Å²) < 4.78 is 0. The molecule has 0 radical (unpaired) electrons. The molecule has 2 aromatic rings. The normalized spacial score (nSPS) is 14.8. The first-order valence-electron chi connectivity index (χ1n) is 9.23. The molecule has 148 valence electrons. The molecule has 1 aliphatic rings. The van der Waals surface area contributed by atoms with Gasteiger partial charge < -0.3 is 15.1 Å². The number of rotatable bonds is 5. The highest BCUT2D eigenvalue weighted by Gasteiger charge is 2.23. The fourth-order valence-corrected chi connectivity index (χ4v) is 3.61. The molecule has 0 unspecified atom stereocenters. The van der Waals surface area contributed by atoms with E-state index in [0.717, 1.165) is 42.5 Å². The maximum atomic E-state index is 12.4. The number of benzene rings is 2. The minimum absolute atomic E-state index is 0.0289. The minimum atomic E-state index is -0.461. The number of aryl methyl sites for hydroxylation is 2. The van der Waals surface area contributed by atoms with Crippen molar-refractivity contribution in [2.75, 3.05) is 42.9 Å². The van der Waals surface area contributed by atoms with Crippen molar-refractivity contribution in [3.63, 3.8) is 0 Å². The van der Waals surface area contributed by atoms with Crippen molar-refractivity contribution < 1.29 is 14.6 Å². The van der Waals surface area contributed by atoms with Gasteiger partial charge in [-0.1, -0.05) is 23.7 Å². The van der Waals surface area contributed by atoms with E-state index in [-0.39, 0.29) is 11.6 Å². The molecule has 8 heteroatoms. The molecule has 0 spiro atoms. The Morgan fingerprint density at radius 2 is 1.86 bits per heavy atom. The fourth-order valence-electron chi connectivity index (χ4n) is 3.44. The van der Waals surface area contributed by atoms with Gasteiger partial charge in [0.05, 0.1) is 36.8 Å². The number of halogens is 1. The maximum absolute atomic E-state index is 12.4. The number of amides is 1. The SMILES string of the molecule is Cc1ccc([N+](=O)[O-])cc1NC(=O)C[NH+]1CCN(c2cc(Cl)ccc2C)CC1. The van der Waals surface area contributed by atoms with Gasteiger partial charge in [0.1, 0.15) is 0 Å². The van der Waals surface area contributed by atoms with Gasteiger partial charge in [-0.15, -0.1) is 0 Å². The number of quaternary nitrogens is 1. The van der Waals surface area contributed by atoms with Crippen LogP contribution in [0.5, 0.6) is 0 Å². The Morgan fingerprint density at radius 1 is 1.18 bits per heavy atom.